The van der Waals surface area contributed by atoms with Crippen LogP contribution >= 0.6 is 0 Å². The summed E-state index contributed by atoms with van der Waals surface area (Å²) in [7, 11) is 0. The molecule has 1 aliphatic rings. The highest BCUT2D eigenvalue weighted by Gasteiger charge is 2.34. The van der Waals surface area contributed by atoms with Gasteiger partial charge >= 0.3 is 0 Å². The summed E-state index contributed by atoms with van der Waals surface area (Å²) < 4.78 is 5.88. The van der Waals surface area contributed by atoms with E-state index in [0.29, 0.717) is 6.10 Å². The maximum atomic E-state index is 9.13. The number of ether oxygens (including phenoxy) is 1. The molecule has 0 radical (unpaired) electrons. The molecule has 1 fully saturated rings. The topological polar surface area (TPSA) is 29.5 Å². The van der Waals surface area contributed by atoms with Gasteiger partial charge in [0.1, 0.15) is 0 Å². The van der Waals surface area contributed by atoms with E-state index in [-0.39, 0.29) is 17.6 Å². The second kappa shape index (κ2) is 3.58. The van der Waals surface area contributed by atoms with Crippen molar-refractivity contribution in [2.45, 2.75) is 58.7 Å². The second-order valence-corrected chi connectivity index (χ2v) is 5.56. The normalized spacial score (nSPS) is 27.9. The molecule has 1 atom stereocenters. The number of aliphatic hydroxyl groups excluding tert-OH is 1. The predicted molar refractivity (Wildman–Crippen MR) is 53.7 cm³/mol. The quantitative estimate of drug-likeness (QED) is 0.733. The smallest absolute Gasteiger partial charge is 0.0631 e. The third-order valence-corrected chi connectivity index (χ3v) is 2.76. The van der Waals surface area contributed by atoms with Crippen molar-refractivity contribution in [3.8, 4) is 0 Å². The Morgan fingerprint density at radius 2 is 2.08 bits per heavy atom. The molecule has 0 aliphatic carbocycles. The lowest BCUT2D eigenvalue weighted by molar-refractivity contribution is -0.0379. The van der Waals surface area contributed by atoms with Crippen LogP contribution in [-0.4, -0.2) is 23.4 Å². The van der Waals surface area contributed by atoms with Crippen LogP contribution in [0, 0.1) is 5.41 Å². The van der Waals surface area contributed by atoms with Crippen molar-refractivity contribution in [1.29, 1.82) is 0 Å². The molecule has 13 heavy (non-hydrogen) atoms. The first-order valence-electron chi connectivity index (χ1n) is 5.13. The van der Waals surface area contributed by atoms with E-state index in [1.165, 1.54) is 0 Å². The largest absolute Gasteiger partial charge is 0.396 e. The first-order valence-corrected chi connectivity index (χ1v) is 5.13. The van der Waals surface area contributed by atoms with Gasteiger partial charge in [0.05, 0.1) is 11.7 Å². The van der Waals surface area contributed by atoms with E-state index in [0.717, 1.165) is 19.3 Å². The summed E-state index contributed by atoms with van der Waals surface area (Å²) in [6.07, 6.45) is 3.58. The van der Waals surface area contributed by atoms with Crippen LogP contribution in [0.5, 0.6) is 0 Å². The Labute approximate surface area is 81.3 Å². The van der Waals surface area contributed by atoms with Gasteiger partial charge in [0.15, 0.2) is 0 Å². The van der Waals surface area contributed by atoms with Gasteiger partial charge in [-0.15, -0.1) is 0 Å². The zero-order valence-electron chi connectivity index (χ0n) is 9.26. The van der Waals surface area contributed by atoms with E-state index in [2.05, 4.69) is 27.7 Å². The van der Waals surface area contributed by atoms with Gasteiger partial charge in [-0.05, 0) is 38.5 Å². The van der Waals surface area contributed by atoms with Gasteiger partial charge in [-0.2, -0.15) is 0 Å². The SMILES string of the molecule is CC(C)(CO)CC1CCC(C)(C)O1. The highest BCUT2D eigenvalue weighted by atomic mass is 16.5. The average Bonchev–Trinajstić information content (AvgIpc) is 2.29. The molecule has 0 aromatic carbocycles. The van der Waals surface area contributed by atoms with Gasteiger partial charge in [-0.25, -0.2) is 0 Å². The Bertz CT molecular complexity index is 173. The number of rotatable bonds is 3. The molecule has 2 nitrogen and oxygen atoms in total. The molecular weight excluding hydrogens is 164 g/mol. The predicted octanol–water partition coefficient (Wildman–Crippen LogP) is 2.35. The molecule has 1 unspecified atom stereocenters. The summed E-state index contributed by atoms with van der Waals surface area (Å²) in [5.74, 6) is 0. The lowest BCUT2D eigenvalue weighted by Crippen LogP contribution is -2.26. The van der Waals surface area contributed by atoms with E-state index in [9.17, 15) is 0 Å². The van der Waals surface area contributed by atoms with Gasteiger partial charge in [0, 0.05) is 6.61 Å². The summed E-state index contributed by atoms with van der Waals surface area (Å²) in [5.41, 5.74) is 0.0568. The molecule has 0 aromatic heterocycles. The van der Waals surface area contributed by atoms with E-state index >= 15 is 0 Å². The zero-order chi connectivity index (χ0) is 10.1. The van der Waals surface area contributed by atoms with Crippen LogP contribution in [0.1, 0.15) is 47.0 Å². The fraction of sp³-hybridized carbons (Fsp3) is 1.00. The van der Waals surface area contributed by atoms with Gasteiger partial charge in [0.2, 0.25) is 0 Å². The van der Waals surface area contributed by atoms with Crippen molar-refractivity contribution in [3.63, 3.8) is 0 Å². The molecule has 2 heteroatoms. The van der Waals surface area contributed by atoms with Crippen LogP contribution in [0.3, 0.4) is 0 Å². The maximum Gasteiger partial charge on any atom is 0.0631 e. The van der Waals surface area contributed by atoms with Gasteiger partial charge < -0.3 is 9.84 Å². The number of hydrogen-bond donors (Lipinski definition) is 1. The molecule has 1 saturated heterocycles. The number of aliphatic hydroxyl groups is 1. The van der Waals surface area contributed by atoms with Crippen LogP contribution in [0.15, 0.2) is 0 Å². The summed E-state index contributed by atoms with van der Waals surface area (Å²) in [4.78, 5) is 0. The molecule has 1 rings (SSSR count). The highest BCUT2D eigenvalue weighted by Crippen LogP contribution is 2.35. The Morgan fingerprint density at radius 1 is 1.46 bits per heavy atom. The highest BCUT2D eigenvalue weighted by molar-refractivity contribution is 4.84. The lowest BCUT2D eigenvalue weighted by Gasteiger charge is -2.27. The van der Waals surface area contributed by atoms with E-state index in [4.69, 9.17) is 9.84 Å². The van der Waals surface area contributed by atoms with Crippen LogP contribution in [0.25, 0.3) is 0 Å². The standard InChI is InChI=1S/C11H22O2/c1-10(2,8-12)7-9-5-6-11(3,4)13-9/h9,12H,5-8H2,1-4H3. The molecule has 1 N–H and O–H groups in total. The second-order valence-electron chi connectivity index (χ2n) is 5.56. The van der Waals surface area contributed by atoms with Gasteiger partial charge in [0.25, 0.3) is 0 Å². The van der Waals surface area contributed by atoms with Gasteiger partial charge in [-0.1, -0.05) is 13.8 Å². The fourth-order valence-electron chi connectivity index (χ4n) is 1.90. The molecule has 0 saturated carbocycles. The van der Waals surface area contributed by atoms with Crippen molar-refractivity contribution in [2.75, 3.05) is 6.61 Å². The summed E-state index contributed by atoms with van der Waals surface area (Å²) in [5, 5.41) is 9.13. The molecule has 0 amide bonds. The fourth-order valence-corrected chi connectivity index (χ4v) is 1.90. The Morgan fingerprint density at radius 3 is 2.46 bits per heavy atom. The zero-order valence-corrected chi connectivity index (χ0v) is 9.26. The molecule has 0 spiro atoms. The minimum Gasteiger partial charge on any atom is -0.396 e. The summed E-state index contributed by atoms with van der Waals surface area (Å²) in [6.45, 7) is 8.69. The molecule has 78 valence electrons. The van der Waals surface area contributed by atoms with Crippen LogP contribution < -0.4 is 0 Å². The van der Waals surface area contributed by atoms with Crippen molar-refractivity contribution < 1.29 is 9.84 Å². The van der Waals surface area contributed by atoms with Crippen molar-refractivity contribution in [2.24, 2.45) is 5.41 Å². The Kier molecular flexibility index (Phi) is 3.03. The molecular formula is C11H22O2. The summed E-state index contributed by atoms with van der Waals surface area (Å²) in [6, 6.07) is 0. The third-order valence-electron chi connectivity index (χ3n) is 2.76. The van der Waals surface area contributed by atoms with Crippen molar-refractivity contribution in [1.82, 2.24) is 0 Å². The van der Waals surface area contributed by atoms with Gasteiger partial charge in [-0.3, -0.25) is 0 Å². The van der Waals surface area contributed by atoms with Crippen LogP contribution in [-0.2, 0) is 4.74 Å². The van der Waals surface area contributed by atoms with E-state index < -0.39 is 0 Å². The Hall–Kier alpha value is -0.0800. The van der Waals surface area contributed by atoms with E-state index in [1.807, 2.05) is 0 Å². The summed E-state index contributed by atoms with van der Waals surface area (Å²) >= 11 is 0. The van der Waals surface area contributed by atoms with E-state index in [1.54, 1.807) is 0 Å². The lowest BCUT2D eigenvalue weighted by atomic mass is 9.87. The maximum absolute atomic E-state index is 9.13. The monoisotopic (exact) mass is 186 g/mol. The molecule has 1 aliphatic heterocycles. The van der Waals surface area contributed by atoms with Crippen LogP contribution in [0.2, 0.25) is 0 Å². The van der Waals surface area contributed by atoms with Crippen LogP contribution in [0.4, 0.5) is 0 Å². The third kappa shape index (κ3) is 3.28. The molecule has 0 bridgehead atoms. The van der Waals surface area contributed by atoms with Crippen molar-refractivity contribution >= 4 is 0 Å². The average molecular weight is 186 g/mol. The Balaban J connectivity index is 2.40. The minimum absolute atomic E-state index is 0.00505. The first kappa shape index (κ1) is 11.0. The molecule has 1 heterocycles. The van der Waals surface area contributed by atoms with Crippen molar-refractivity contribution in [3.05, 3.63) is 0 Å². The first-order chi connectivity index (χ1) is 5.85. The molecule has 0 aromatic rings. The number of hydrogen-bond acceptors (Lipinski definition) is 2. The minimum atomic E-state index is 0.00505.